The molecule has 22 heavy (non-hydrogen) atoms. The van der Waals surface area contributed by atoms with Crippen molar-refractivity contribution in [3.8, 4) is 0 Å². The number of carbonyl (C=O) groups is 1. The number of aromatic nitrogens is 2. The molecule has 0 aliphatic carbocycles. The summed E-state index contributed by atoms with van der Waals surface area (Å²) in [6.45, 7) is 0.108. The number of amides is 1. The molecule has 0 spiro atoms. The van der Waals surface area contributed by atoms with Gasteiger partial charge in [-0.05, 0) is 17.7 Å². The van der Waals surface area contributed by atoms with E-state index in [1.165, 1.54) is 23.0 Å². The normalized spacial score (nSPS) is 11.0. The Bertz CT molecular complexity index is 747. The zero-order valence-corrected chi connectivity index (χ0v) is 12.6. The second-order valence-corrected chi connectivity index (χ2v) is 6.44. The van der Waals surface area contributed by atoms with Gasteiger partial charge in [-0.3, -0.25) is 14.5 Å². The maximum atomic E-state index is 11.9. The third-order valence-corrected chi connectivity index (χ3v) is 4.05. The Morgan fingerprint density at radius 1 is 1.23 bits per heavy atom. The second-order valence-electron chi connectivity index (χ2n) is 4.54. The summed E-state index contributed by atoms with van der Waals surface area (Å²) >= 11 is 0. The summed E-state index contributed by atoms with van der Waals surface area (Å²) in [6.07, 6.45) is 5.27. The Balaban J connectivity index is 2.27. The second kappa shape index (κ2) is 6.50. The van der Waals surface area contributed by atoms with Crippen LogP contribution >= 0.6 is 0 Å². The van der Waals surface area contributed by atoms with Crippen LogP contribution in [0.15, 0.2) is 43.0 Å². The van der Waals surface area contributed by atoms with Crippen molar-refractivity contribution in [2.24, 2.45) is 5.84 Å². The summed E-state index contributed by atoms with van der Waals surface area (Å²) in [7, 11) is -3.49. The first-order valence-corrected chi connectivity index (χ1v) is 8.09. The Labute approximate surface area is 128 Å². The molecule has 0 saturated carbocycles. The van der Waals surface area contributed by atoms with Crippen molar-refractivity contribution in [1.82, 2.24) is 15.4 Å². The lowest BCUT2D eigenvalue weighted by molar-refractivity contribution is 0.0953. The number of anilines is 1. The van der Waals surface area contributed by atoms with E-state index in [0.29, 0.717) is 16.8 Å². The number of nitrogens with zero attached hydrogens (tertiary/aromatic N) is 3. The van der Waals surface area contributed by atoms with Gasteiger partial charge in [0.05, 0.1) is 30.9 Å². The standard InChI is InChI=1S/C13H15N5O3S/c1-22(20,21)18(12-6-15-9-16-7-12)8-10-2-4-11(5-3-10)13(19)17-14/h2-7,9H,8,14H2,1H3,(H,17,19). The lowest BCUT2D eigenvalue weighted by Crippen LogP contribution is -2.30. The minimum Gasteiger partial charge on any atom is -0.290 e. The zero-order chi connectivity index (χ0) is 16.2. The first-order chi connectivity index (χ1) is 10.4. The van der Waals surface area contributed by atoms with E-state index in [1.54, 1.807) is 24.3 Å². The molecule has 1 aromatic carbocycles. The third-order valence-electron chi connectivity index (χ3n) is 2.91. The molecule has 0 atom stereocenters. The number of carbonyl (C=O) groups excluding carboxylic acids is 1. The van der Waals surface area contributed by atoms with E-state index >= 15 is 0 Å². The molecule has 0 aliphatic rings. The molecule has 0 bridgehead atoms. The van der Waals surface area contributed by atoms with Crippen molar-refractivity contribution in [1.29, 1.82) is 0 Å². The number of hydrazine groups is 1. The maximum Gasteiger partial charge on any atom is 0.265 e. The minimum atomic E-state index is -3.49. The van der Waals surface area contributed by atoms with Gasteiger partial charge in [-0.1, -0.05) is 12.1 Å². The number of hydrogen-bond acceptors (Lipinski definition) is 6. The van der Waals surface area contributed by atoms with E-state index in [0.717, 1.165) is 6.26 Å². The van der Waals surface area contributed by atoms with Crippen LogP contribution in [0, 0.1) is 0 Å². The molecule has 116 valence electrons. The molecule has 2 rings (SSSR count). The fourth-order valence-corrected chi connectivity index (χ4v) is 2.69. The number of rotatable bonds is 5. The van der Waals surface area contributed by atoms with Gasteiger partial charge < -0.3 is 0 Å². The van der Waals surface area contributed by atoms with Crippen molar-refractivity contribution in [2.45, 2.75) is 6.54 Å². The van der Waals surface area contributed by atoms with Crippen LogP contribution in [0.5, 0.6) is 0 Å². The van der Waals surface area contributed by atoms with E-state index in [-0.39, 0.29) is 6.54 Å². The molecule has 9 heteroatoms. The van der Waals surface area contributed by atoms with Gasteiger partial charge in [0.25, 0.3) is 5.91 Å². The smallest absolute Gasteiger partial charge is 0.265 e. The minimum absolute atomic E-state index is 0.108. The van der Waals surface area contributed by atoms with Crippen LogP contribution in [-0.4, -0.2) is 30.5 Å². The molecule has 0 radical (unpaired) electrons. The Hall–Kier alpha value is -2.52. The van der Waals surface area contributed by atoms with Gasteiger partial charge in [0.15, 0.2) is 0 Å². The number of nitrogens with two attached hydrogens (primary N) is 1. The highest BCUT2D eigenvalue weighted by atomic mass is 32.2. The summed E-state index contributed by atoms with van der Waals surface area (Å²) in [6, 6.07) is 6.46. The summed E-state index contributed by atoms with van der Waals surface area (Å²) in [5, 5.41) is 0. The summed E-state index contributed by atoms with van der Waals surface area (Å²) in [5.74, 6) is 4.64. The van der Waals surface area contributed by atoms with Gasteiger partial charge in [-0.15, -0.1) is 0 Å². The Morgan fingerprint density at radius 3 is 2.32 bits per heavy atom. The van der Waals surface area contributed by atoms with E-state index in [2.05, 4.69) is 9.97 Å². The zero-order valence-electron chi connectivity index (χ0n) is 11.8. The molecule has 1 heterocycles. The van der Waals surface area contributed by atoms with Crippen LogP contribution in [0.3, 0.4) is 0 Å². The summed E-state index contributed by atoms with van der Waals surface area (Å²) < 4.78 is 25.1. The molecule has 0 fully saturated rings. The quantitative estimate of drug-likeness (QED) is 0.456. The molecule has 1 aromatic heterocycles. The van der Waals surface area contributed by atoms with Crippen molar-refractivity contribution in [3.63, 3.8) is 0 Å². The van der Waals surface area contributed by atoms with Crippen LogP contribution in [0.4, 0.5) is 5.69 Å². The lowest BCUT2D eigenvalue weighted by atomic mass is 10.1. The van der Waals surface area contributed by atoms with E-state index < -0.39 is 15.9 Å². The fraction of sp³-hybridized carbons (Fsp3) is 0.154. The van der Waals surface area contributed by atoms with Crippen molar-refractivity contribution in [2.75, 3.05) is 10.6 Å². The predicted molar refractivity (Wildman–Crippen MR) is 81.2 cm³/mol. The van der Waals surface area contributed by atoms with E-state index in [1.807, 2.05) is 5.43 Å². The van der Waals surface area contributed by atoms with Crippen molar-refractivity contribution < 1.29 is 13.2 Å². The van der Waals surface area contributed by atoms with Gasteiger partial charge in [0.2, 0.25) is 10.0 Å². The van der Waals surface area contributed by atoms with Gasteiger partial charge in [0.1, 0.15) is 6.33 Å². The van der Waals surface area contributed by atoms with Gasteiger partial charge in [0, 0.05) is 5.56 Å². The molecular weight excluding hydrogens is 306 g/mol. The van der Waals surface area contributed by atoms with Gasteiger partial charge in [-0.25, -0.2) is 24.2 Å². The topological polar surface area (TPSA) is 118 Å². The predicted octanol–water partition coefficient (Wildman–Crippen LogP) is 0.0463. The largest absolute Gasteiger partial charge is 0.290 e. The Kier molecular flexibility index (Phi) is 4.68. The Morgan fingerprint density at radius 2 is 1.82 bits per heavy atom. The SMILES string of the molecule is CS(=O)(=O)N(Cc1ccc(C(=O)NN)cc1)c1cncnc1. The van der Waals surface area contributed by atoms with Gasteiger partial charge in [-0.2, -0.15) is 0 Å². The monoisotopic (exact) mass is 321 g/mol. The van der Waals surface area contributed by atoms with Crippen LogP contribution in [-0.2, 0) is 16.6 Å². The number of nitrogens with one attached hydrogen (secondary N) is 1. The molecule has 0 aliphatic heterocycles. The molecule has 2 aromatic rings. The summed E-state index contributed by atoms with van der Waals surface area (Å²) in [4.78, 5) is 19.0. The van der Waals surface area contributed by atoms with Gasteiger partial charge >= 0.3 is 0 Å². The molecule has 0 unspecified atom stereocenters. The van der Waals surface area contributed by atoms with Crippen LogP contribution in [0.2, 0.25) is 0 Å². The van der Waals surface area contributed by atoms with Crippen LogP contribution in [0.1, 0.15) is 15.9 Å². The van der Waals surface area contributed by atoms with Crippen molar-refractivity contribution >= 4 is 21.6 Å². The van der Waals surface area contributed by atoms with Crippen molar-refractivity contribution in [3.05, 3.63) is 54.1 Å². The van der Waals surface area contributed by atoms with Crippen LogP contribution in [0.25, 0.3) is 0 Å². The summed E-state index contributed by atoms with van der Waals surface area (Å²) in [5.41, 5.74) is 3.50. The molecule has 1 amide bonds. The fourth-order valence-electron chi connectivity index (χ4n) is 1.83. The molecule has 8 nitrogen and oxygen atoms in total. The number of hydrogen-bond donors (Lipinski definition) is 2. The first kappa shape index (κ1) is 15.9. The van der Waals surface area contributed by atoms with E-state index in [4.69, 9.17) is 5.84 Å². The highest BCUT2D eigenvalue weighted by Crippen LogP contribution is 2.18. The molecular formula is C13H15N5O3S. The average molecular weight is 321 g/mol. The number of benzene rings is 1. The highest BCUT2D eigenvalue weighted by molar-refractivity contribution is 7.92. The highest BCUT2D eigenvalue weighted by Gasteiger charge is 2.18. The van der Waals surface area contributed by atoms with Crippen LogP contribution < -0.4 is 15.6 Å². The molecule has 3 N–H and O–H groups in total. The molecule has 0 saturated heterocycles. The van der Waals surface area contributed by atoms with E-state index in [9.17, 15) is 13.2 Å². The lowest BCUT2D eigenvalue weighted by Gasteiger charge is -2.21. The number of nitrogen functional groups attached to an aromatic ring is 1. The average Bonchev–Trinajstić information content (AvgIpc) is 2.52. The number of sulfonamides is 1. The maximum absolute atomic E-state index is 11.9. The third kappa shape index (κ3) is 3.77. The first-order valence-electron chi connectivity index (χ1n) is 6.24.